The molecule has 6 heteroatoms. The zero-order chi connectivity index (χ0) is 52.2. The molecule has 0 aromatic heterocycles. The van der Waals surface area contributed by atoms with Crippen molar-refractivity contribution in [2.75, 3.05) is 13.2 Å². The Morgan fingerprint density at radius 2 is 0.569 bits per heavy atom. The Kier molecular flexibility index (Phi) is 55.5. The molecule has 0 aliphatic heterocycles. The molecule has 0 aromatic carbocycles. The van der Waals surface area contributed by atoms with Gasteiger partial charge in [0.05, 0.1) is 0 Å². The molecule has 0 rings (SSSR count). The van der Waals surface area contributed by atoms with Gasteiger partial charge in [0, 0.05) is 19.3 Å². The maximum Gasteiger partial charge on any atom is 0.306 e. The van der Waals surface area contributed by atoms with Crippen molar-refractivity contribution in [3.8, 4) is 0 Å². The summed E-state index contributed by atoms with van der Waals surface area (Å²) < 4.78 is 16.8. The molecule has 0 amide bonds. The van der Waals surface area contributed by atoms with Crippen molar-refractivity contribution in [2.24, 2.45) is 0 Å². The second-order valence-corrected chi connectivity index (χ2v) is 18.8. The molecule has 0 saturated carbocycles. The minimum atomic E-state index is -0.819. The maximum atomic E-state index is 12.8. The standard InChI is InChI=1S/C66H106O6/c1-4-7-10-13-16-19-22-25-27-28-29-30-31-32-33-34-35-36-37-38-39-42-44-47-50-53-56-59-65(68)71-62-63(61-70-64(67)58-55-52-49-46-43-40-24-21-18-15-12-9-6-3)72-66(69)60-57-54-51-48-45-41-26-23-20-17-14-11-8-5-2/h7,9-10,12,14,16-19,21,23,25-27,29-30,32-33,40,43,49,52,63H,4-6,8,11,13,15,20,22,24,28,31,34-39,41-42,44-48,50-51,53-62H2,1-3H3/b10-7-,12-9-,17-14-,19-16-,21-18-,26-23-,27-25-,30-29-,33-32-,43-40-,52-49-. The van der Waals surface area contributed by atoms with Gasteiger partial charge in [-0.15, -0.1) is 0 Å². The fraction of sp³-hybridized carbons (Fsp3) is 0.621. The molecule has 6 nitrogen and oxygen atoms in total. The highest BCUT2D eigenvalue weighted by molar-refractivity contribution is 5.71. The van der Waals surface area contributed by atoms with E-state index in [1.54, 1.807) is 0 Å². The largest absolute Gasteiger partial charge is 0.462 e. The number of esters is 3. The molecule has 0 aromatic rings. The van der Waals surface area contributed by atoms with Gasteiger partial charge in [0.1, 0.15) is 13.2 Å². The van der Waals surface area contributed by atoms with Crippen molar-refractivity contribution in [1.29, 1.82) is 0 Å². The topological polar surface area (TPSA) is 78.9 Å². The predicted octanol–water partition coefficient (Wildman–Crippen LogP) is 19.8. The molecule has 0 fully saturated rings. The summed E-state index contributed by atoms with van der Waals surface area (Å²) >= 11 is 0. The zero-order valence-corrected chi connectivity index (χ0v) is 46.4. The maximum absolute atomic E-state index is 12.8. The number of rotatable bonds is 51. The molecule has 0 spiro atoms. The van der Waals surface area contributed by atoms with E-state index in [0.717, 1.165) is 122 Å². The van der Waals surface area contributed by atoms with Gasteiger partial charge in [-0.25, -0.2) is 0 Å². The van der Waals surface area contributed by atoms with Crippen LogP contribution in [0.3, 0.4) is 0 Å². The summed E-state index contributed by atoms with van der Waals surface area (Å²) in [5, 5.41) is 0. The van der Waals surface area contributed by atoms with Gasteiger partial charge < -0.3 is 14.2 Å². The molecule has 406 valence electrons. The molecule has 1 atom stereocenters. The van der Waals surface area contributed by atoms with Crippen LogP contribution in [0.2, 0.25) is 0 Å². The molecule has 0 radical (unpaired) electrons. The fourth-order valence-electron chi connectivity index (χ4n) is 7.56. The highest BCUT2D eigenvalue weighted by Gasteiger charge is 2.19. The number of hydrogen-bond acceptors (Lipinski definition) is 6. The molecule has 0 N–H and O–H groups in total. The van der Waals surface area contributed by atoms with Crippen LogP contribution < -0.4 is 0 Å². The van der Waals surface area contributed by atoms with Gasteiger partial charge >= 0.3 is 17.9 Å². The Balaban J connectivity index is 4.35. The number of hydrogen-bond donors (Lipinski definition) is 0. The van der Waals surface area contributed by atoms with Crippen molar-refractivity contribution in [1.82, 2.24) is 0 Å². The Morgan fingerprint density at radius 1 is 0.292 bits per heavy atom. The third-order valence-electron chi connectivity index (χ3n) is 11.9. The molecule has 0 aliphatic rings. The summed E-state index contributed by atoms with van der Waals surface area (Å²) in [7, 11) is 0. The van der Waals surface area contributed by atoms with Gasteiger partial charge in [-0.1, -0.05) is 244 Å². The minimum Gasteiger partial charge on any atom is -0.462 e. The molecule has 0 saturated heterocycles. The summed E-state index contributed by atoms with van der Waals surface area (Å²) in [5.41, 5.74) is 0. The van der Waals surface area contributed by atoms with Crippen LogP contribution >= 0.6 is 0 Å². The average molecular weight is 996 g/mol. The Hall–Kier alpha value is -4.45. The van der Waals surface area contributed by atoms with E-state index in [0.29, 0.717) is 19.3 Å². The molecule has 1 unspecified atom stereocenters. The fourth-order valence-corrected chi connectivity index (χ4v) is 7.56. The highest BCUT2D eigenvalue weighted by Crippen LogP contribution is 2.14. The van der Waals surface area contributed by atoms with E-state index < -0.39 is 6.10 Å². The van der Waals surface area contributed by atoms with Crippen LogP contribution in [-0.4, -0.2) is 37.2 Å². The van der Waals surface area contributed by atoms with Gasteiger partial charge in [-0.2, -0.15) is 0 Å². The lowest BCUT2D eigenvalue weighted by atomic mass is 10.0. The van der Waals surface area contributed by atoms with Gasteiger partial charge in [0.25, 0.3) is 0 Å². The lowest BCUT2D eigenvalue weighted by Crippen LogP contribution is -2.30. The monoisotopic (exact) mass is 995 g/mol. The SMILES string of the molecule is CC/C=C\C/C=C\C/C=C\C/C=C\C/C=C\CCCCCCCCCCCCCC(=O)OCC(COC(=O)CC/C=C\C/C=C\C/C=C\C/C=C\CC)OC(=O)CCCCCCC/C=C\C/C=C\CCCC. The van der Waals surface area contributed by atoms with Crippen LogP contribution in [-0.2, 0) is 28.6 Å². The van der Waals surface area contributed by atoms with Crippen LogP contribution in [0.4, 0.5) is 0 Å². The number of allylic oxidation sites excluding steroid dienone is 22. The first-order valence-corrected chi connectivity index (χ1v) is 29.2. The number of unbranched alkanes of at least 4 members (excludes halogenated alkanes) is 18. The van der Waals surface area contributed by atoms with Gasteiger partial charge in [0.2, 0.25) is 0 Å². The predicted molar refractivity (Wildman–Crippen MR) is 311 cm³/mol. The Morgan fingerprint density at radius 3 is 0.931 bits per heavy atom. The molecule has 0 heterocycles. The minimum absolute atomic E-state index is 0.111. The first-order chi connectivity index (χ1) is 35.5. The van der Waals surface area contributed by atoms with E-state index in [1.165, 1.54) is 77.0 Å². The van der Waals surface area contributed by atoms with E-state index in [1.807, 2.05) is 12.2 Å². The smallest absolute Gasteiger partial charge is 0.306 e. The summed E-state index contributed by atoms with van der Waals surface area (Å²) in [6.07, 6.45) is 83.2. The van der Waals surface area contributed by atoms with Gasteiger partial charge in [-0.3, -0.25) is 14.4 Å². The van der Waals surface area contributed by atoms with Crippen molar-refractivity contribution in [3.05, 3.63) is 134 Å². The molecule has 0 aliphatic carbocycles. The van der Waals surface area contributed by atoms with Crippen LogP contribution in [0.1, 0.15) is 245 Å². The highest BCUT2D eigenvalue weighted by atomic mass is 16.6. The van der Waals surface area contributed by atoms with Crippen molar-refractivity contribution < 1.29 is 28.6 Å². The third kappa shape index (κ3) is 56.5. The van der Waals surface area contributed by atoms with Gasteiger partial charge in [-0.05, 0) is 116 Å². The van der Waals surface area contributed by atoms with Crippen LogP contribution in [0, 0.1) is 0 Å². The van der Waals surface area contributed by atoms with Crippen LogP contribution in [0.15, 0.2) is 134 Å². The lowest BCUT2D eigenvalue weighted by Gasteiger charge is -2.18. The van der Waals surface area contributed by atoms with Crippen LogP contribution in [0.25, 0.3) is 0 Å². The molecule has 72 heavy (non-hydrogen) atoms. The number of carbonyl (C=O) groups excluding carboxylic acids is 3. The van der Waals surface area contributed by atoms with E-state index in [2.05, 4.69) is 142 Å². The average Bonchev–Trinajstić information content (AvgIpc) is 3.38. The normalized spacial score (nSPS) is 13.1. The van der Waals surface area contributed by atoms with Crippen molar-refractivity contribution >= 4 is 17.9 Å². The third-order valence-corrected chi connectivity index (χ3v) is 11.9. The first kappa shape index (κ1) is 67.5. The van der Waals surface area contributed by atoms with E-state index in [-0.39, 0.29) is 37.5 Å². The van der Waals surface area contributed by atoms with Crippen LogP contribution in [0.5, 0.6) is 0 Å². The Bertz CT molecular complexity index is 1560. The molecule has 0 bridgehead atoms. The summed E-state index contributed by atoms with van der Waals surface area (Å²) in [5.74, 6) is -1.02. The van der Waals surface area contributed by atoms with E-state index in [4.69, 9.17) is 14.2 Å². The van der Waals surface area contributed by atoms with Gasteiger partial charge in [0.15, 0.2) is 6.10 Å². The Labute approximate surface area is 443 Å². The second kappa shape index (κ2) is 59.1. The van der Waals surface area contributed by atoms with E-state index in [9.17, 15) is 14.4 Å². The number of carbonyl (C=O) groups is 3. The zero-order valence-electron chi connectivity index (χ0n) is 46.4. The first-order valence-electron chi connectivity index (χ1n) is 29.2. The lowest BCUT2D eigenvalue weighted by molar-refractivity contribution is -0.166. The van der Waals surface area contributed by atoms with Crippen molar-refractivity contribution in [2.45, 2.75) is 252 Å². The molecular weight excluding hydrogens is 889 g/mol. The van der Waals surface area contributed by atoms with Crippen molar-refractivity contribution in [3.63, 3.8) is 0 Å². The summed E-state index contributed by atoms with van der Waals surface area (Å²) in [4.78, 5) is 38.1. The van der Waals surface area contributed by atoms with E-state index >= 15 is 0 Å². The number of ether oxygens (including phenoxy) is 3. The summed E-state index contributed by atoms with van der Waals surface area (Å²) in [6.45, 7) is 6.28. The second-order valence-electron chi connectivity index (χ2n) is 18.8. The summed E-state index contributed by atoms with van der Waals surface area (Å²) in [6, 6.07) is 0. The quantitative estimate of drug-likeness (QED) is 0.0261. The molecular formula is C66H106O6.